The Kier molecular flexibility index (Phi) is 7.12. The molecule has 9 heteroatoms. The third-order valence-electron chi connectivity index (χ3n) is 4.92. The minimum absolute atomic E-state index is 0.0373. The second-order valence-electron chi connectivity index (χ2n) is 7.15. The average Bonchev–Trinajstić information content (AvgIpc) is 2.66. The predicted octanol–water partition coefficient (Wildman–Crippen LogP) is 5.14. The molecule has 29 heavy (non-hydrogen) atoms. The monoisotopic (exact) mass is 474 g/mol. The summed E-state index contributed by atoms with van der Waals surface area (Å²) in [5.74, 6) is -0.545. The van der Waals surface area contributed by atoms with Gasteiger partial charge < -0.3 is 5.32 Å². The molecule has 156 valence electrons. The number of aryl methyl sites for hydroxylation is 1. The zero-order valence-corrected chi connectivity index (χ0v) is 18.9. The Morgan fingerprint density at radius 3 is 2.38 bits per heavy atom. The molecule has 1 aliphatic heterocycles. The minimum atomic E-state index is -3.43. The van der Waals surface area contributed by atoms with Crippen molar-refractivity contribution in [2.45, 2.75) is 25.5 Å². The second kappa shape index (κ2) is 9.23. The van der Waals surface area contributed by atoms with Gasteiger partial charge in [0.1, 0.15) is 0 Å². The van der Waals surface area contributed by atoms with Crippen LogP contribution >= 0.6 is 34.8 Å². The maximum absolute atomic E-state index is 12.7. The lowest BCUT2D eigenvalue weighted by molar-refractivity contribution is -0.120. The molecule has 1 heterocycles. The largest absolute Gasteiger partial charge is 0.324 e. The summed E-state index contributed by atoms with van der Waals surface area (Å²) in [6.45, 7) is 2.54. The number of hydrogen-bond acceptors (Lipinski definition) is 3. The molecule has 1 fully saturated rings. The van der Waals surface area contributed by atoms with Crippen LogP contribution in [0.5, 0.6) is 0 Å². The molecular formula is C20H21Cl3N2O3S. The van der Waals surface area contributed by atoms with Crippen molar-refractivity contribution in [2.24, 2.45) is 5.92 Å². The second-order valence-corrected chi connectivity index (χ2v) is 10.3. The molecule has 1 N–H and O–H groups in total. The van der Waals surface area contributed by atoms with E-state index in [1.165, 1.54) is 16.4 Å². The molecule has 0 bridgehead atoms. The van der Waals surface area contributed by atoms with E-state index >= 15 is 0 Å². The van der Waals surface area contributed by atoms with Gasteiger partial charge in [0.05, 0.1) is 26.5 Å². The van der Waals surface area contributed by atoms with Crippen LogP contribution in [0, 0.1) is 12.8 Å². The summed E-state index contributed by atoms with van der Waals surface area (Å²) in [6.07, 6.45) is 0.885. The SMILES string of the molecule is Cc1cccc(CS(=O)(=O)N2CCC(C(=O)Nc3cc(Cl)c(Cl)cc3Cl)CC2)c1. The van der Waals surface area contributed by atoms with Crippen LogP contribution in [0.4, 0.5) is 5.69 Å². The minimum Gasteiger partial charge on any atom is -0.324 e. The van der Waals surface area contributed by atoms with Crippen LogP contribution in [-0.4, -0.2) is 31.7 Å². The van der Waals surface area contributed by atoms with Gasteiger partial charge in [-0.2, -0.15) is 0 Å². The number of piperidine rings is 1. The van der Waals surface area contributed by atoms with Crippen molar-refractivity contribution >= 4 is 56.4 Å². The highest BCUT2D eigenvalue weighted by Gasteiger charge is 2.31. The van der Waals surface area contributed by atoms with Gasteiger partial charge in [0.15, 0.2) is 0 Å². The summed E-state index contributed by atoms with van der Waals surface area (Å²) in [4.78, 5) is 12.6. The first-order valence-electron chi connectivity index (χ1n) is 9.14. The molecule has 1 saturated heterocycles. The van der Waals surface area contributed by atoms with Gasteiger partial charge in [0.2, 0.25) is 15.9 Å². The van der Waals surface area contributed by atoms with E-state index in [1.54, 1.807) is 0 Å². The normalized spacial score (nSPS) is 16.0. The summed E-state index contributed by atoms with van der Waals surface area (Å²) in [5.41, 5.74) is 2.17. The molecule has 0 atom stereocenters. The van der Waals surface area contributed by atoms with Gasteiger partial charge in [-0.25, -0.2) is 12.7 Å². The Morgan fingerprint density at radius 1 is 1.07 bits per heavy atom. The van der Waals surface area contributed by atoms with Crippen molar-refractivity contribution < 1.29 is 13.2 Å². The summed E-state index contributed by atoms with van der Waals surface area (Å²) in [7, 11) is -3.43. The molecule has 1 amide bonds. The lowest BCUT2D eigenvalue weighted by Crippen LogP contribution is -2.41. The zero-order chi connectivity index (χ0) is 21.2. The Hall–Kier alpha value is -1.31. The first-order chi connectivity index (χ1) is 13.7. The Balaban J connectivity index is 1.59. The Morgan fingerprint density at radius 2 is 1.72 bits per heavy atom. The number of nitrogens with one attached hydrogen (secondary N) is 1. The number of carbonyl (C=O) groups excluding carboxylic acids is 1. The lowest BCUT2D eigenvalue weighted by Gasteiger charge is -2.30. The molecule has 0 radical (unpaired) electrons. The maximum atomic E-state index is 12.7. The molecule has 0 aliphatic carbocycles. The summed E-state index contributed by atoms with van der Waals surface area (Å²) < 4.78 is 26.9. The van der Waals surface area contributed by atoms with E-state index in [0.29, 0.717) is 46.7 Å². The lowest BCUT2D eigenvalue weighted by atomic mass is 9.97. The van der Waals surface area contributed by atoms with Crippen LogP contribution < -0.4 is 5.32 Å². The maximum Gasteiger partial charge on any atom is 0.227 e. The van der Waals surface area contributed by atoms with Gasteiger partial charge in [-0.05, 0) is 37.5 Å². The van der Waals surface area contributed by atoms with Crippen LogP contribution in [-0.2, 0) is 20.6 Å². The molecule has 0 spiro atoms. The molecule has 5 nitrogen and oxygen atoms in total. The number of benzene rings is 2. The Labute approximate surface area is 186 Å². The topological polar surface area (TPSA) is 66.5 Å². The number of carbonyl (C=O) groups is 1. The van der Waals surface area contributed by atoms with Crippen molar-refractivity contribution in [3.05, 3.63) is 62.6 Å². The van der Waals surface area contributed by atoms with Gasteiger partial charge in [-0.3, -0.25) is 4.79 Å². The molecular weight excluding hydrogens is 455 g/mol. The molecule has 1 aliphatic rings. The summed E-state index contributed by atoms with van der Waals surface area (Å²) >= 11 is 18.0. The van der Waals surface area contributed by atoms with Gasteiger partial charge in [0.25, 0.3) is 0 Å². The van der Waals surface area contributed by atoms with Gasteiger partial charge in [-0.1, -0.05) is 64.6 Å². The van der Waals surface area contributed by atoms with Crippen molar-refractivity contribution in [1.82, 2.24) is 4.31 Å². The number of nitrogens with zero attached hydrogens (tertiary/aromatic N) is 1. The highest BCUT2D eigenvalue weighted by molar-refractivity contribution is 7.88. The molecule has 0 aromatic heterocycles. The van der Waals surface area contributed by atoms with Crippen LogP contribution in [0.25, 0.3) is 0 Å². The Bertz CT molecular complexity index is 1020. The van der Waals surface area contributed by atoms with Crippen molar-refractivity contribution in [3.8, 4) is 0 Å². The van der Waals surface area contributed by atoms with E-state index in [9.17, 15) is 13.2 Å². The fourth-order valence-corrected chi connectivity index (χ4v) is 5.50. The molecule has 0 saturated carbocycles. The van der Waals surface area contributed by atoms with E-state index in [-0.39, 0.29) is 17.6 Å². The van der Waals surface area contributed by atoms with Gasteiger partial charge in [0, 0.05) is 19.0 Å². The quantitative estimate of drug-likeness (QED) is 0.609. The van der Waals surface area contributed by atoms with E-state index in [4.69, 9.17) is 34.8 Å². The van der Waals surface area contributed by atoms with E-state index in [2.05, 4.69) is 5.32 Å². The van der Waals surface area contributed by atoms with E-state index in [1.807, 2.05) is 31.2 Å². The number of amides is 1. The van der Waals surface area contributed by atoms with Gasteiger partial charge in [-0.15, -0.1) is 0 Å². The molecule has 3 rings (SSSR count). The van der Waals surface area contributed by atoms with Crippen molar-refractivity contribution in [3.63, 3.8) is 0 Å². The van der Waals surface area contributed by atoms with Gasteiger partial charge >= 0.3 is 0 Å². The number of anilines is 1. The van der Waals surface area contributed by atoms with Crippen LogP contribution in [0.15, 0.2) is 36.4 Å². The first-order valence-corrected chi connectivity index (χ1v) is 11.9. The molecule has 0 unspecified atom stereocenters. The van der Waals surface area contributed by atoms with E-state index < -0.39 is 10.0 Å². The fraction of sp³-hybridized carbons (Fsp3) is 0.350. The average molecular weight is 476 g/mol. The highest BCUT2D eigenvalue weighted by atomic mass is 35.5. The van der Waals surface area contributed by atoms with Crippen LogP contribution in [0.1, 0.15) is 24.0 Å². The third kappa shape index (κ3) is 5.64. The van der Waals surface area contributed by atoms with Crippen LogP contribution in [0.2, 0.25) is 15.1 Å². The smallest absolute Gasteiger partial charge is 0.227 e. The predicted molar refractivity (Wildman–Crippen MR) is 118 cm³/mol. The summed E-state index contributed by atoms with van der Waals surface area (Å²) in [6, 6.07) is 10.4. The molecule has 2 aromatic rings. The highest BCUT2D eigenvalue weighted by Crippen LogP contribution is 2.33. The van der Waals surface area contributed by atoms with Crippen molar-refractivity contribution in [1.29, 1.82) is 0 Å². The number of hydrogen-bond donors (Lipinski definition) is 1. The number of rotatable bonds is 5. The number of sulfonamides is 1. The summed E-state index contributed by atoms with van der Waals surface area (Å²) in [5, 5.41) is 3.66. The van der Waals surface area contributed by atoms with Crippen molar-refractivity contribution in [2.75, 3.05) is 18.4 Å². The molecule has 2 aromatic carbocycles. The van der Waals surface area contributed by atoms with Crippen LogP contribution in [0.3, 0.4) is 0 Å². The third-order valence-corrected chi connectivity index (χ3v) is 7.80. The fourth-order valence-electron chi connectivity index (χ4n) is 3.35. The van der Waals surface area contributed by atoms with E-state index in [0.717, 1.165) is 11.1 Å². The standard InChI is InChI=1S/C20H21Cl3N2O3S/c1-13-3-2-4-14(9-13)12-29(27,28)25-7-5-15(6-8-25)20(26)24-19-11-17(22)16(21)10-18(19)23/h2-4,9-11,15H,5-8,12H2,1H3,(H,24,26). The number of halogens is 3. The first kappa shape index (κ1) is 22.4. The zero-order valence-electron chi connectivity index (χ0n) is 15.8.